The Labute approximate surface area is 123 Å². The number of hydrogen-bond acceptors (Lipinski definition) is 4. The molecule has 0 aliphatic heterocycles. The van der Waals surface area contributed by atoms with Crippen LogP contribution in [0.15, 0.2) is 0 Å². The van der Waals surface area contributed by atoms with Crippen molar-refractivity contribution in [3.63, 3.8) is 0 Å². The molecule has 3 amide bonds. The topological polar surface area (TPSA) is 125 Å². The summed E-state index contributed by atoms with van der Waals surface area (Å²) < 4.78 is 0. The van der Waals surface area contributed by atoms with Gasteiger partial charge in [0.1, 0.15) is 6.04 Å². The molecule has 8 nitrogen and oxygen atoms in total. The average Bonchev–Trinajstić information content (AvgIpc) is 2.37. The van der Waals surface area contributed by atoms with Crippen LogP contribution < -0.4 is 16.0 Å². The molecule has 0 aromatic rings. The summed E-state index contributed by atoms with van der Waals surface area (Å²) in [7, 11) is 0. The summed E-state index contributed by atoms with van der Waals surface area (Å²) in [6, 6.07) is -0.958. The zero-order chi connectivity index (χ0) is 16.4. The fourth-order valence-electron chi connectivity index (χ4n) is 1.52. The molecule has 120 valence electrons. The van der Waals surface area contributed by atoms with E-state index in [1.165, 1.54) is 6.92 Å². The van der Waals surface area contributed by atoms with E-state index in [1.54, 1.807) is 13.8 Å². The maximum absolute atomic E-state index is 11.6. The van der Waals surface area contributed by atoms with Crippen LogP contribution in [0.4, 0.5) is 0 Å². The average molecular weight is 301 g/mol. The quantitative estimate of drug-likeness (QED) is 0.417. The van der Waals surface area contributed by atoms with Crippen LogP contribution in [0.2, 0.25) is 0 Å². The molecule has 21 heavy (non-hydrogen) atoms. The first-order valence-corrected chi connectivity index (χ1v) is 6.77. The van der Waals surface area contributed by atoms with Gasteiger partial charge in [-0.25, -0.2) is 4.79 Å². The first-order valence-electron chi connectivity index (χ1n) is 6.77. The van der Waals surface area contributed by atoms with Crippen molar-refractivity contribution in [2.45, 2.75) is 39.7 Å². The molecule has 0 fully saturated rings. The highest BCUT2D eigenvalue weighted by atomic mass is 16.4. The normalized spacial score (nSPS) is 11.6. The Morgan fingerprint density at radius 1 is 0.952 bits per heavy atom. The van der Waals surface area contributed by atoms with Crippen molar-refractivity contribution in [3.05, 3.63) is 0 Å². The maximum atomic E-state index is 11.6. The lowest BCUT2D eigenvalue weighted by atomic mass is 10.0. The van der Waals surface area contributed by atoms with Crippen LogP contribution in [0.25, 0.3) is 0 Å². The lowest BCUT2D eigenvalue weighted by Crippen LogP contribution is -2.44. The second-order valence-corrected chi connectivity index (χ2v) is 4.96. The van der Waals surface area contributed by atoms with Crippen molar-refractivity contribution in [2.24, 2.45) is 5.92 Å². The maximum Gasteiger partial charge on any atom is 0.326 e. The number of hydrogen-bond donors (Lipinski definition) is 4. The number of aliphatic carboxylic acids is 1. The van der Waals surface area contributed by atoms with Crippen LogP contribution in [0.3, 0.4) is 0 Å². The highest BCUT2D eigenvalue weighted by Gasteiger charge is 2.23. The summed E-state index contributed by atoms with van der Waals surface area (Å²) in [5.74, 6) is -2.33. The molecule has 1 unspecified atom stereocenters. The van der Waals surface area contributed by atoms with Gasteiger partial charge in [-0.15, -0.1) is 0 Å². The monoisotopic (exact) mass is 301 g/mol. The number of carbonyl (C=O) groups is 4. The van der Waals surface area contributed by atoms with E-state index in [0.29, 0.717) is 6.54 Å². The molecule has 0 spiro atoms. The molecule has 1 atom stereocenters. The van der Waals surface area contributed by atoms with Crippen molar-refractivity contribution in [2.75, 3.05) is 13.1 Å². The molecule has 0 aliphatic carbocycles. The number of carbonyl (C=O) groups excluding carboxylic acids is 3. The first kappa shape index (κ1) is 18.9. The second kappa shape index (κ2) is 9.73. The largest absolute Gasteiger partial charge is 0.480 e. The molecule has 0 rings (SSSR count). The van der Waals surface area contributed by atoms with Crippen molar-refractivity contribution < 1.29 is 24.3 Å². The van der Waals surface area contributed by atoms with E-state index in [-0.39, 0.29) is 37.1 Å². The summed E-state index contributed by atoms with van der Waals surface area (Å²) in [4.78, 5) is 44.5. The van der Waals surface area contributed by atoms with Crippen LogP contribution in [0.1, 0.15) is 33.6 Å². The third-order valence-corrected chi connectivity index (χ3v) is 2.65. The number of nitrogens with one attached hydrogen (secondary N) is 3. The molecule has 0 aliphatic rings. The molecular formula is C13H23N3O5. The molecule has 0 radical (unpaired) electrons. The van der Waals surface area contributed by atoms with Gasteiger partial charge in [-0.05, 0) is 5.92 Å². The molecule has 0 heterocycles. The highest BCUT2D eigenvalue weighted by molar-refractivity contribution is 5.87. The minimum absolute atomic E-state index is 0.0314. The fourth-order valence-corrected chi connectivity index (χ4v) is 1.52. The Morgan fingerprint density at radius 2 is 1.48 bits per heavy atom. The van der Waals surface area contributed by atoms with Crippen LogP contribution >= 0.6 is 0 Å². The highest BCUT2D eigenvalue weighted by Crippen LogP contribution is 2.02. The summed E-state index contributed by atoms with van der Waals surface area (Å²) >= 11 is 0. The Bertz CT molecular complexity index is 395. The molecule has 0 aromatic carbocycles. The molecule has 0 bridgehead atoms. The van der Waals surface area contributed by atoms with Crippen LogP contribution in [0.5, 0.6) is 0 Å². The SMILES string of the molecule is CC(=O)NCCNC(=O)CCC(=O)NC(C(=O)O)C(C)C. The predicted octanol–water partition coefficient (Wildman–Crippen LogP) is -0.756. The van der Waals surface area contributed by atoms with Gasteiger partial charge >= 0.3 is 5.97 Å². The zero-order valence-corrected chi connectivity index (χ0v) is 12.6. The van der Waals surface area contributed by atoms with Gasteiger partial charge in [-0.3, -0.25) is 14.4 Å². The van der Waals surface area contributed by atoms with Gasteiger partial charge in [0.2, 0.25) is 17.7 Å². The van der Waals surface area contributed by atoms with Gasteiger partial charge in [0.15, 0.2) is 0 Å². The number of carboxylic acids is 1. The van der Waals surface area contributed by atoms with Gasteiger partial charge in [-0.2, -0.15) is 0 Å². The van der Waals surface area contributed by atoms with Crippen molar-refractivity contribution in [1.82, 2.24) is 16.0 Å². The summed E-state index contributed by atoms with van der Waals surface area (Å²) in [5, 5.41) is 16.4. The van der Waals surface area contributed by atoms with Crippen molar-refractivity contribution >= 4 is 23.7 Å². The number of rotatable bonds is 9. The van der Waals surface area contributed by atoms with E-state index in [1.807, 2.05) is 0 Å². The van der Waals surface area contributed by atoms with Gasteiger partial charge in [-0.1, -0.05) is 13.8 Å². The van der Waals surface area contributed by atoms with Gasteiger partial charge < -0.3 is 21.1 Å². The molecular weight excluding hydrogens is 278 g/mol. The van der Waals surface area contributed by atoms with E-state index >= 15 is 0 Å². The Morgan fingerprint density at radius 3 is 1.95 bits per heavy atom. The molecule has 4 N–H and O–H groups in total. The summed E-state index contributed by atoms with van der Waals surface area (Å²) in [5.41, 5.74) is 0. The Kier molecular flexibility index (Phi) is 8.75. The van der Waals surface area contributed by atoms with Gasteiger partial charge in [0.05, 0.1) is 0 Å². The van der Waals surface area contributed by atoms with Crippen molar-refractivity contribution in [1.29, 1.82) is 0 Å². The minimum Gasteiger partial charge on any atom is -0.480 e. The predicted molar refractivity (Wildman–Crippen MR) is 75.3 cm³/mol. The molecule has 0 saturated carbocycles. The lowest BCUT2D eigenvalue weighted by molar-refractivity contribution is -0.143. The zero-order valence-electron chi connectivity index (χ0n) is 12.6. The Hall–Kier alpha value is -2.12. The Balaban J connectivity index is 3.94. The van der Waals surface area contributed by atoms with E-state index in [0.717, 1.165) is 0 Å². The third kappa shape index (κ3) is 9.42. The number of carboxylic acid groups (broad SMARTS) is 1. The standard InChI is InChI=1S/C13H23N3O5/c1-8(2)12(13(20)21)16-11(19)5-4-10(18)15-7-6-14-9(3)17/h8,12H,4-7H2,1-3H3,(H,14,17)(H,15,18)(H,16,19)(H,20,21). The summed E-state index contributed by atoms with van der Waals surface area (Å²) in [6.07, 6.45) is -0.112. The van der Waals surface area contributed by atoms with Gasteiger partial charge in [0.25, 0.3) is 0 Å². The van der Waals surface area contributed by atoms with E-state index < -0.39 is 17.9 Å². The molecule has 0 aromatic heterocycles. The minimum atomic E-state index is -1.10. The lowest BCUT2D eigenvalue weighted by Gasteiger charge is -2.17. The van der Waals surface area contributed by atoms with E-state index in [9.17, 15) is 19.2 Å². The van der Waals surface area contributed by atoms with E-state index in [4.69, 9.17) is 5.11 Å². The van der Waals surface area contributed by atoms with Crippen molar-refractivity contribution in [3.8, 4) is 0 Å². The first-order chi connectivity index (χ1) is 9.73. The fraction of sp³-hybridized carbons (Fsp3) is 0.692. The van der Waals surface area contributed by atoms with Crippen LogP contribution in [0, 0.1) is 5.92 Å². The molecule has 8 heteroatoms. The van der Waals surface area contributed by atoms with Crippen LogP contribution in [-0.4, -0.2) is 47.9 Å². The smallest absolute Gasteiger partial charge is 0.326 e. The van der Waals surface area contributed by atoms with Gasteiger partial charge in [0, 0.05) is 32.9 Å². The van der Waals surface area contributed by atoms with Crippen LogP contribution in [-0.2, 0) is 19.2 Å². The van der Waals surface area contributed by atoms with E-state index in [2.05, 4.69) is 16.0 Å². The summed E-state index contributed by atoms with van der Waals surface area (Å²) in [6.45, 7) is 5.35. The second-order valence-electron chi connectivity index (χ2n) is 4.96. The number of amides is 3. The third-order valence-electron chi connectivity index (χ3n) is 2.65. The molecule has 0 saturated heterocycles.